The Morgan fingerprint density at radius 3 is 2.61 bits per heavy atom. The molecule has 1 atom stereocenters. The molecule has 2 aliphatic carbocycles. The molecule has 1 N–H and O–H groups in total. The van der Waals surface area contributed by atoms with Crippen molar-refractivity contribution < 1.29 is 14.3 Å². The summed E-state index contributed by atoms with van der Waals surface area (Å²) in [6.45, 7) is 1.62. The molecule has 118 valence electrons. The quantitative estimate of drug-likeness (QED) is 0.884. The van der Waals surface area contributed by atoms with E-state index in [-0.39, 0.29) is 11.9 Å². The first-order valence-electron chi connectivity index (χ1n) is 8.18. The normalized spacial score (nSPS) is 17.1. The zero-order valence-electron chi connectivity index (χ0n) is 13.1. The molecule has 4 heteroatoms. The van der Waals surface area contributed by atoms with Gasteiger partial charge in [-0.3, -0.25) is 4.79 Å². The van der Waals surface area contributed by atoms with Crippen LogP contribution in [0, 0.1) is 0 Å². The number of carbonyl (C=O) groups is 2. The summed E-state index contributed by atoms with van der Waals surface area (Å²) in [5.41, 5.74) is 3.11. The lowest BCUT2D eigenvalue weighted by molar-refractivity contribution is -0.129. The fourth-order valence-corrected chi connectivity index (χ4v) is 3.25. The third-order valence-electron chi connectivity index (χ3n) is 4.67. The summed E-state index contributed by atoms with van der Waals surface area (Å²) in [4.78, 5) is 24.5. The molecule has 0 aliphatic heterocycles. The van der Waals surface area contributed by atoms with Gasteiger partial charge in [-0.05, 0) is 60.6 Å². The van der Waals surface area contributed by atoms with Crippen LogP contribution in [0.25, 0.3) is 10.8 Å². The highest BCUT2D eigenvalue weighted by Crippen LogP contribution is 2.33. The molecule has 1 unspecified atom stereocenters. The van der Waals surface area contributed by atoms with Gasteiger partial charge in [-0.15, -0.1) is 0 Å². The van der Waals surface area contributed by atoms with Gasteiger partial charge in [0.2, 0.25) is 0 Å². The van der Waals surface area contributed by atoms with Crippen LogP contribution < -0.4 is 5.32 Å². The lowest BCUT2D eigenvalue weighted by atomic mass is 10.00. The second-order valence-electron chi connectivity index (χ2n) is 6.44. The molecule has 1 amide bonds. The highest BCUT2D eigenvalue weighted by Gasteiger charge is 2.28. The predicted octanol–water partition coefficient (Wildman–Crippen LogP) is 2.76. The van der Waals surface area contributed by atoms with E-state index in [1.54, 1.807) is 6.92 Å². The Labute approximate surface area is 134 Å². The van der Waals surface area contributed by atoms with Gasteiger partial charge < -0.3 is 10.1 Å². The molecule has 2 aromatic rings. The largest absolute Gasteiger partial charge is 0.449 e. The van der Waals surface area contributed by atoms with Gasteiger partial charge in [0.05, 0.1) is 5.56 Å². The average Bonchev–Trinajstić information content (AvgIpc) is 3.26. The van der Waals surface area contributed by atoms with E-state index < -0.39 is 12.1 Å². The zero-order chi connectivity index (χ0) is 16.0. The third-order valence-corrected chi connectivity index (χ3v) is 4.67. The number of aryl methyl sites for hydroxylation is 2. The monoisotopic (exact) mass is 309 g/mol. The molecular weight excluding hydrogens is 290 g/mol. The first-order chi connectivity index (χ1) is 11.1. The fraction of sp³-hybridized carbons (Fsp3) is 0.368. The summed E-state index contributed by atoms with van der Waals surface area (Å²) < 4.78 is 5.38. The highest BCUT2D eigenvalue weighted by atomic mass is 16.5. The molecule has 4 nitrogen and oxygen atoms in total. The Bertz CT molecular complexity index is 797. The van der Waals surface area contributed by atoms with Gasteiger partial charge in [0.15, 0.2) is 6.10 Å². The zero-order valence-corrected chi connectivity index (χ0v) is 13.1. The van der Waals surface area contributed by atoms with E-state index in [2.05, 4.69) is 11.4 Å². The molecule has 0 bridgehead atoms. The van der Waals surface area contributed by atoms with E-state index in [0.29, 0.717) is 5.56 Å². The van der Waals surface area contributed by atoms with Crippen molar-refractivity contribution in [3.05, 3.63) is 47.0 Å². The summed E-state index contributed by atoms with van der Waals surface area (Å²) in [6, 6.07) is 10.1. The van der Waals surface area contributed by atoms with E-state index in [0.717, 1.165) is 31.1 Å². The molecule has 1 saturated carbocycles. The third kappa shape index (κ3) is 2.58. The Morgan fingerprint density at radius 2 is 1.87 bits per heavy atom. The van der Waals surface area contributed by atoms with Crippen molar-refractivity contribution >= 4 is 22.6 Å². The van der Waals surface area contributed by atoms with Crippen molar-refractivity contribution in [1.82, 2.24) is 5.32 Å². The Hall–Kier alpha value is -2.36. The van der Waals surface area contributed by atoms with E-state index in [1.807, 2.05) is 24.3 Å². The highest BCUT2D eigenvalue weighted by molar-refractivity contribution is 6.07. The number of hydrogen-bond donors (Lipinski definition) is 1. The molecule has 4 rings (SSSR count). The molecule has 1 fully saturated rings. The van der Waals surface area contributed by atoms with Crippen LogP contribution in [0.15, 0.2) is 30.3 Å². The second kappa shape index (κ2) is 5.37. The first kappa shape index (κ1) is 14.2. The number of hydrogen-bond acceptors (Lipinski definition) is 3. The number of ether oxygens (including phenoxy) is 1. The van der Waals surface area contributed by atoms with Crippen LogP contribution in [0.3, 0.4) is 0 Å². The number of benzene rings is 2. The van der Waals surface area contributed by atoms with Crippen LogP contribution in [0.1, 0.15) is 41.3 Å². The minimum atomic E-state index is -0.772. The number of nitrogens with one attached hydrogen (secondary N) is 1. The van der Waals surface area contributed by atoms with E-state index >= 15 is 0 Å². The van der Waals surface area contributed by atoms with Crippen LogP contribution in [-0.4, -0.2) is 24.0 Å². The SMILES string of the molecule is CC(OC(=O)c1ccc2c3c(cccc13)CC2)C(=O)NC1CC1. The van der Waals surface area contributed by atoms with Gasteiger partial charge in [-0.2, -0.15) is 0 Å². The molecule has 23 heavy (non-hydrogen) atoms. The lowest BCUT2D eigenvalue weighted by Gasteiger charge is -2.14. The maximum absolute atomic E-state index is 12.5. The molecular formula is C19H19NO3. The van der Waals surface area contributed by atoms with Crippen LogP contribution in [-0.2, 0) is 22.4 Å². The Balaban J connectivity index is 1.59. The minimum absolute atomic E-state index is 0.216. The van der Waals surface area contributed by atoms with E-state index in [4.69, 9.17) is 4.74 Å². The fourth-order valence-electron chi connectivity index (χ4n) is 3.25. The van der Waals surface area contributed by atoms with E-state index in [1.165, 1.54) is 16.5 Å². The van der Waals surface area contributed by atoms with Crippen molar-refractivity contribution in [1.29, 1.82) is 0 Å². The summed E-state index contributed by atoms with van der Waals surface area (Å²) in [5, 5.41) is 4.97. The summed E-state index contributed by atoms with van der Waals surface area (Å²) in [7, 11) is 0. The Kier molecular flexibility index (Phi) is 3.33. The van der Waals surface area contributed by atoms with Gasteiger partial charge in [-0.25, -0.2) is 4.79 Å². The van der Waals surface area contributed by atoms with Gasteiger partial charge in [-0.1, -0.05) is 24.3 Å². The van der Waals surface area contributed by atoms with Crippen molar-refractivity contribution in [3.63, 3.8) is 0 Å². The van der Waals surface area contributed by atoms with Crippen molar-refractivity contribution in [3.8, 4) is 0 Å². The van der Waals surface area contributed by atoms with Crippen LogP contribution in [0.2, 0.25) is 0 Å². The minimum Gasteiger partial charge on any atom is -0.449 e. The molecule has 2 aromatic carbocycles. The van der Waals surface area contributed by atoms with Crippen LogP contribution >= 0.6 is 0 Å². The number of rotatable bonds is 4. The molecule has 0 radical (unpaired) electrons. The molecule has 0 heterocycles. The lowest BCUT2D eigenvalue weighted by Crippen LogP contribution is -2.37. The first-order valence-corrected chi connectivity index (χ1v) is 8.18. The van der Waals surface area contributed by atoms with Crippen molar-refractivity contribution in [2.24, 2.45) is 0 Å². The number of esters is 1. The summed E-state index contributed by atoms with van der Waals surface area (Å²) >= 11 is 0. The van der Waals surface area contributed by atoms with Gasteiger partial charge >= 0.3 is 5.97 Å². The summed E-state index contributed by atoms with van der Waals surface area (Å²) in [6.07, 6.45) is 3.30. The second-order valence-corrected chi connectivity index (χ2v) is 6.44. The maximum atomic E-state index is 12.5. The standard InChI is InChI=1S/C19H19NO3/c1-11(18(21)20-14-8-9-14)23-19(22)16-10-7-13-6-5-12-3-2-4-15(16)17(12)13/h2-4,7,10-11,14H,5-6,8-9H2,1H3,(H,20,21). The van der Waals surface area contributed by atoms with Gasteiger partial charge in [0.25, 0.3) is 5.91 Å². The topological polar surface area (TPSA) is 55.4 Å². The number of carbonyl (C=O) groups excluding carboxylic acids is 2. The smallest absolute Gasteiger partial charge is 0.339 e. The van der Waals surface area contributed by atoms with Crippen molar-refractivity contribution in [2.45, 2.75) is 44.8 Å². The van der Waals surface area contributed by atoms with Gasteiger partial charge in [0.1, 0.15) is 0 Å². The Morgan fingerprint density at radius 1 is 1.13 bits per heavy atom. The van der Waals surface area contributed by atoms with Gasteiger partial charge in [0, 0.05) is 6.04 Å². The number of amides is 1. The van der Waals surface area contributed by atoms with Crippen LogP contribution in [0.5, 0.6) is 0 Å². The average molecular weight is 309 g/mol. The molecule has 2 aliphatic rings. The maximum Gasteiger partial charge on any atom is 0.339 e. The summed E-state index contributed by atoms with van der Waals surface area (Å²) in [5.74, 6) is -0.647. The van der Waals surface area contributed by atoms with Crippen molar-refractivity contribution in [2.75, 3.05) is 0 Å². The van der Waals surface area contributed by atoms with Crippen LogP contribution in [0.4, 0.5) is 0 Å². The van der Waals surface area contributed by atoms with E-state index in [9.17, 15) is 9.59 Å². The molecule has 0 aromatic heterocycles. The molecule has 0 saturated heterocycles. The molecule has 0 spiro atoms. The predicted molar refractivity (Wildman–Crippen MR) is 87.4 cm³/mol.